The quantitative estimate of drug-likeness (QED) is 0.656. The molecule has 0 saturated heterocycles. The average Bonchev–Trinajstić information content (AvgIpc) is 2.70. The summed E-state index contributed by atoms with van der Waals surface area (Å²) in [5.41, 5.74) is 1.95. The number of aryl methyl sites for hydroxylation is 1. The zero-order valence-corrected chi connectivity index (χ0v) is 17.0. The lowest BCUT2D eigenvalue weighted by molar-refractivity contribution is 0.102. The Hall–Kier alpha value is -2.83. The van der Waals surface area contributed by atoms with E-state index in [4.69, 9.17) is 11.6 Å². The normalized spacial score (nSPS) is 11.1. The number of anilines is 2. The minimum Gasteiger partial charge on any atom is -0.322 e. The molecule has 0 aliphatic carbocycles. The summed E-state index contributed by atoms with van der Waals surface area (Å²) >= 11 is 6.11. The van der Waals surface area contributed by atoms with Crippen LogP contribution in [0.2, 0.25) is 5.02 Å². The van der Waals surface area contributed by atoms with Crippen LogP contribution in [0.4, 0.5) is 11.4 Å². The molecule has 3 aromatic carbocycles. The van der Waals surface area contributed by atoms with Gasteiger partial charge in [0.2, 0.25) is 0 Å². The molecule has 1 N–H and O–H groups in total. The maximum Gasteiger partial charge on any atom is 0.264 e. The lowest BCUT2D eigenvalue weighted by atomic mass is 10.1. The number of carbonyl (C=O) groups excluding carboxylic acids is 1. The number of carbonyl (C=O) groups is 1. The summed E-state index contributed by atoms with van der Waals surface area (Å²) < 4.78 is 27.0. The summed E-state index contributed by atoms with van der Waals surface area (Å²) in [6.45, 7) is 1.87. The number of para-hydroxylation sites is 1. The topological polar surface area (TPSA) is 66.5 Å². The van der Waals surface area contributed by atoms with Crippen molar-refractivity contribution in [2.75, 3.05) is 16.7 Å². The van der Waals surface area contributed by atoms with Crippen LogP contribution in [0.5, 0.6) is 0 Å². The molecule has 0 fully saturated rings. The molecule has 0 aromatic heterocycles. The predicted octanol–water partition coefficient (Wildman–Crippen LogP) is 4.73. The number of nitrogens with one attached hydrogen (secondary N) is 1. The number of nitrogens with zero attached hydrogens (tertiary/aromatic N) is 1. The van der Waals surface area contributed by atoms with Crippen molar-refractivity contribution in [1.29, 1.82) is 0 Å². The molecule has 0 bridgehead atoms. The van der Waals surface area contributed by atoms with E-state index in [2.05, 4.69) is 5.32 Å². The van der Waals surface area contributed by atoms with Gasteiger partial charge in [-0.2, -0.15) is 0 Å². The Morgan fingerprint density at radius 1 is 0.964 bits per heavy atom. The van der Waals surface area contributed by atoms with Crippen molar-refractivity contribution < 1.29 is 13.2 Å². The fraction of sp³-hybridized carbons (Fsp3) is 0.0952. The molecule has 0 aliphatic heterocycles. The molecule has 0 saturated carbocycles. The predicted molar refractivity (Wildman–Crippen MR) is 113 cm³/mol. The number of halogens is 1. The molecular weight excluding hydrogens is 396 g/mol. The summed E-state index contributed by atoms with van der Waals surface area (Å²) in [6.07, 6.45) is 0. The van der Waals surface area contributed by atoms with E-state index in [9.17, 15) is 13.2 Å². The summed E-state index contributed by atoms with van der Waals surface area (Å²) in [5.74, 6) is -0.425. The van der Waals surface area contributed by atoms with Crippen LogP contribution >= 0.6 is 11.6 Å². The first kappa shape index (κ1) is 19.9. The van der Waals surface area contributed by atoms with Crippen LogP contribution in [0, 0.1) is 6.92 Å². The van der Waals surface area contributed by atoms with Crippen molar-refractivity contribution in [1.82, 2.24) is 0 Å². The standard InChI is InChI=1S/C21H19ClN2O3S/c1-15-12-13-16(14-19(15)22)23-21(25)18-10-6-7-11-20(18)24(2)28(26,27)17-8-4-3-5-9-17/h3-14H,1-2H3,(H,23,25). The second-order valence-electron chi connectivity index (χ2n) is 6.22. The highest BCUT2D eigenvalue weighted by Gasteiger charge is 2.24. The van der Waals surface area contributed by atoms with Crippen LogP contribution in [-0.2, 0) is 10.0 Å². The van der Waals surface area contributed by atoms with E-state index < -0.39 is 15.9 Å². The summed E-state index contributed by atoms with van der Waals surface area (Å²) in [4.78, 5) is 13.0. The van der Waals surface area contributed by atoms with Gasteiger partial charge in [0.1, 0.15) is 0 Å². The second kappa shape index (κ2) is 8.04. The molecule has 0 heterocycles. The Morgan fingerprint density at radius 2 is 1.61 bits per heavy atom. The molecule has 7 heteroatoms. The maximum absolute atomic E-state index is 12.9. The molecule has 0 unspecified atom stereocenters. The molecule has 3 aromatic rings. The van der Waals surface area contributed by atoms with E-state index in [-0.39, 0.29) is 16.1 Å². The molecule has 3 rings (SSSR count). The number of hydrogen-bond donors (Lipinski definition) is 1. The van der Waals surface area contributed by atoms with Crippen molar-refractivity contribution in [3.63, 3.8) is 0 Å². The summed E-state index contributed by atoms with van der Waals surface area (Å²) in [7, 11) is -2.37. The van der Waals surface area contributed by atoms with Crippen LogP contribution in [-0.4, -0.2) is 21.4 Å². The largest absolute Gasteiger partial charge is 0.322 e. The monoisotopic (exact) mass is 414 g/mol. The van der Waals surface area contributed by atoms with E-state index in [1.807, 2.05) is 6.92 Å². The van der Waals surface area contributed by atoms with Gasteiger partial charge in [0.15, 0.2) is 0 Å². The van der Waals surface area contributed by atoms with Crippen LogP contribution in [0.25, 0.3) is 0 Å². The van der Waals surface area contributed by atoms with Crippen molar-refractivity contribution >= 4 is 38.9 Å². The first-order valence-electron chi connectivity index (χ1n) is 8.51. The molecule has 144 valence electrons. The summed E-state index contributed by atoms with van der Waals surface area (Å²) in [5, 5.41) is 3.30. The minimum absolute atomic E-state index is 0.151. The first-order chi connectivity index (χ1) is 13.3. The zero-order valence-electron chi connectivity index (χ0n) is 15.4. The van der Waals surface area contributed by atoms with Crippen molar-refractivity contribution in [2.45, 2.75) is 11.8 Å². The van der Waals surface area contributed by atoms with Gasteiger partial charge in [0.05, 0.1) is 16.1 Å². The Balaban J connectivity index is 1.94. The van der Waals surface area contributed by atoms with Crippen molar-refractivity contribution in [3.8, 4) is 0 Å². The van der Waals surface area contributed by atoms with Gasteiger partial charge in [-0.1, -0.05) is 48.0 Å². The molecular formula is C21H19ClN2O3S. The van der Waals surface area contributed by atoms with Gasteiger partial charge >= 0.3 is 0 Å². The van der Waals surface area contributed by atoms with Crippen LogP contribution in [0.3, 0.4) is 0 Å². The molecule has 0 radical (unpaired) electrons. The Labute approximate surface area is 169 Å². The number of sulfonamides is 1. The Morgan fingerprint density at radius 3 is 2.29 bits per heavy atom. The van der Waals surface area contributed by atoms with Crippen molar-refractivity contribution in [2.24, 2.45) is 0 Å². The molecule has 0 atom stereocenters. The fourth-order valence-electron chi connectivity index (χ4n) is 2.69. The van der Waals surface area contributed by atoms with Gasteiger partial charge < -0.3 is 5.32 Å². The first-order valence-corrected chi connectivity index (χ1v) is 10.3. The van der Waals surface area contributed by atoms with Gasteiger partial charge in [-0.15, -0.1) is 0 Å². The number of benzene rings is 3. The second-order valence-corrected chi connectivity index (χ2v) is 8.60. The number of hydrogen-bond acceptors (Lipinski definition) is 3. The van der Waals surface area contributed by atoms with E-state index in [0.717, 1.165) is 9.87 Å². The maximum atomic E-state index is 12.9. The third-order valence-corrected chi connectivity index (χ3v) is 6.51. The number of rotatable bonds is 5. The van der Waals surface area contributed by atoms with Gasteiger partial charge in [0.25, 0.3) is 15.9 Å². The third kappa shape index (κ3) is 4.03. The van der Waals surface area contributed by atoms with Gasteiger partial charge in [-0.05, 0) is 48.9 Å². The van der Waals surface area contributed by atoms with E-state index in [1.54, 1.807) is 60.7 Å². The SMILES string of the molecule is Cc1ccc(NC(=O)c2ccccc2N(C)S(=O)(=O)c2ccccc2)cc1Cl. The fourth-order valence-corrected chi connectivity index (χ4v) is 4.11. The number of amides is 1. The Bertz CT molecular complexity index is 1120. The van der Waals surface area contributed by atoms with Crippen LogP contribution in [0.15, 0.2) is 77.7 Å². The minimum atomic E-state index is -3.80. The van der Waals surface area contributed by atoms with E-state index >= 15 is 0 Å². The molecule has 5 nitrogen and oxygen atoms in total. The van der Waals surface area contributed by atoms with E-state index in [1.165, 1.54) is 19.2 Å². The third-order valence-electron chi connectivity index (χ3n) is 4.32. The smallest absolute Gasteiger partial charge is 0.264 e. The van der Waals surface area contributed by atoms with Crippen molar-refractivity contribution in [3.05, 3.63) is 88.9 Å². The highest BCUT2D eigenvalue weighted by Crippen LogP contribution is 2.27. The lowest BCUT2D eigenvalue weighted by Crippen LogP contribution is -2.29. The highest BCUT2D eigenvalue weighted by atomic mass is 35.5. The zero-order chi connectivity index (χ0) is 20.3. The molecule has 0 aliphatic rings. The average molecular weight is 415 g/mol. The summed E-state index contributed by atoms with van der Waals surface area (Å²) in [6, 6.07) is 19.8. The van der Waals surface area contributed by atoms with Gasteiger partial charge in [-0.25, -0.2) is 8.42 Å². The van der Waals surface area contributed by atoms with Crippen LogP contribution < -0.4 is 9.62 Å². The highest BCUT2D eigenvalue weighted by molar-refractivity contribution is 7.92. The molecule has 0 spiro atoms. The van der Waals surface area contributed by atoms with Crippen LogP contribution in [0.1, 0.15) is 15.9 Å². The lowest BCUT2D eigenvalue weighted by Gasteiger charge is -2.22. The van der Waals surface area contributed by atoms with Gasteiger partial charge in [0, 0.05) is 17.8 Å². The molecule has 1 amide bonds. The van der Waals surface area contributed by atoms with E-state index in [0.29, 0.717) is 10.7 Å². The molecule has 28 heavy (non-hydrogen) atoms. The Kier molecular flexibility index (Phi) is 5.72. The van der Waals surface area contributed by atoms with Gasteiger partial charge in [-0.3, -0.25) is 9.10 Å².